The van der Waals surface area contributed by atoms with Gasteiger partial charge in [-0.15, -0.1) is 0 Å². The van der Waals surface area contributed by atoms with Crippen molar-refractivity contribution in [3.63, 3.8) is 0 Å². The Morgan fingerprint density at radius 1 is 1.10 bits per heavy atom. The van der Waals surface area contributed by atoms with Crippen molar-refractivity contribution in [2.24, 2.45) is 16.7 Å². The fourth-order valence-electron chi connectivity index (χ4n) is 2.58. The molecule has 0 aromatic carbocycles. The third-order valence-corrected chi connectivity index (χ3v) is 3.81. The van der Waals surface area contributed by atoms with Crippen LogP contribution in [0.2, 0.25) is 0 Å². The average Bonchev–Trinajstić information content (AvgIpc) is 2.25. The first-order valence-corrected chi connectivity index (χ1v) is 7.43. The maximum atomic E-state index is 11.7. The molecule has 0 radical (unpaired) electrons. The summed E-state index contributed by atoms with van der Waals surface area (Å²) in [6, 6.07) is -0.812. The fourth-order valence-corrected chi connectivity index (χ4v) is 2.58. The van der Waals surface area contributed by atoms with Gasteiger partial charge in [-0.05, 0) is 23.7 Å². The van der Waals surface area contributed by atoms with Crippen LogP contribution in [-0.4, -0.2) is 23.0 Å². The number of carboxylic acid groups (broad SMARTS) is 1. The van der Waals surface area contributed by atoms with Crippen molar-refractivity contribution in [2.45, 2.75) is 73.8 Å². The molecule has 0 aromatic heterocycles. The number of carboxylic acids is 1. The van der Waals surface area contributed by atoms with Gasteiger partial charge in [-0.1, -0.05) is 54.9 Å². The molecule has 0 fully saturated rings. The van der Waals surface area contributed by atoms with E-state index < -0.39 is 12.0 Å². The van der Waals surface area contributed by atoms with E-state index in [0.29, 0.717) is 6.42 Å². The lowest BCUT2D eigenvalue weighted by molar-refractivity contribution is -0.143. The molecule has 0 bridgehead atoms. The highest BCUT2D eigenvalue weighted by Crippen LogP contribution is 2.38. The highest BCUT2D eigenvalue weighted by molar-refractivity contribution is 5.84. The number of rotatable bonds is 8. The van der Waals surface area contributed by atoms with E-state index in [1.807, 2.05) is 0 Å². The minimum absolute atomic E-state index is 0.132. The lowest BCUT2D eigenvalue weighted by Gasteiger charge is -2.36. The van der Waals surface area contributed by atoms with Gasteiger partial charge in [-0.2, -0.15) is 0 Å². The largest absolute Gasteiger partial charge is 0.480 e. The number of aliphatic carboxylic acids is 1. The van der Waals surface area contributed by atoms with Crippen molar-refractivity contribution >= 4 is 11.9 Å². The Morgan fingerprint density at radius 2 is 1.60 bits per heavy atom. The predicted molar refractivity (Wildman–Crippen MR) is 81.5 cm³/mol. The van der Waals surface area contributed by atoms with Gasteiger partial charge in [0, 0.05) is 5.92 Å². The predicted octanol–water partition coefficient (Wildman–Crippen LogP) is 3.45. The molecule has 1 amide bonds. The first-order valence-electron chi connectivity index (χ1n) is 7.43. The smallest absolute Gasteiger partial charge is 0.326 e. The lowest BCUT2D eigenvalue weighted by atomic mass is 9.71. The van der Waals surface area contributed by atoms with Gasteiger partial charge in [0.25, 0.3) is 0 Å². The molecule has 0 saturated heterocycles. The highest BCUT2D eigenvalue weighted by atomic mass is 16.4. The van der Waals surface area contributed by atoms with Crippen molar-refractivity contribution in [1.82, 2.24) is 5.32 Å². The van der Waals surface area contributed by atoms with Gasteiger partial charge in [0.1, 0.15) is 6.04 Å². The Morgan fingerprint density at radius 3 is 1.95 bits per heavy atom. The zero-order chi connectivity index (χ0) is 16.1. The van der Waals surface area contributed by atoms with Crippen LogP contribution in [0.5, 0.6) is 0 Å². The summed E-state index contributed by atoms with van der Waals surface area (Å²) in [7, 11) is 0. The maximum Gasteiger partial charge on any atom is 0.326 e. The molecular formula is C16H31NO3. The van der Waals surface area contributed by atoms with Crippen LogP contribution < -0.4 is 5.32 Å². The maximum absolute atomic E-state index is 11.7. The molecule has 2 N–H and O–H groups in total. The first kappa shape index (κ1) is 18.9. The summed E-state index contributed by atoms with van der Waals surface area (Å²) in [5.74, 6) is -1.36. The minimum atomic E-state index is -0.957. The molecule has 0 aliphatic heterocycles. The monoisotopic (exact) mass is 285 g/mol. The third-order valence-electron chi connectivity index (χ3n) is 3.81. The molecule has 0 spiro atoms. The van der Waals surface area contributed by atoms with E-state index in [2.05, 4.69) is 39.9 Å². The second-order valence-corrected chi connectivity index (χ2v) is 7.62. The standard InChI is InChI=1S/C16H31NO3/c1-8-15(4,5)10-16(6,7)9-12(14(19)20)17-13(18)11(2)3/h11-12H,8-10H2,1-7H3,(H,17,18)(H,19,20). The average molecular weight is 285 g/mol. The van der Waals surface area contributed by atoms with Crippen LogP contribution in [0, 0.1) is 16.7 Å². The molecule has 1 atom stereocenters. The Bertz CT molecular complexity index is 346. The zero-order valence-corrected chi connectivity index (χ0v) is 14.0. The van der Waals surface area contributed by atoms with Gasteiger partial charge in [-0.25, -0.2) is 4.79 Å². The van der Waals surface area contributed by atoms with Gasteiger partial charge in [0.15, 0.2) is 0 Å². The Hall–Kier alpha value is -1.06. The summed E-state index contributed by atoms with van der Waals surface area (Å²) < 4.78 is 0. The molecule has 0 rings (SSSR count). The number of nitrogens with one attached hydrogen (secondary N) is 1. The van der Waals surface area contributed by atoms with Crippen LogP contribution in [0.3, 0.4) is 0 Å². The van der Waals surface area contributed by atoms with Gasteiger partial charge >= 0.3 is 5.97 Å². The van der Waals surface area contributed by atoms with Crippen LogP contribution in [0.25, 0.3) is 0 Å². The first-order chi connectivity index (χ1) is 8.90. The Balaban J connectivity index is 4.82. The number of amides is 1. The third kappa shape index (κ3) is 6.92. The number of hydrogen-bond donors (Lipinski definition) is 2. The summed E-state index contributed by atoms with van der Waals surface area (Å²) in [4.78, 5) is 23.1. The summed E-state index contributed by atoms with van der Waals surface area (Å²) in [5.41, 5.74) is 0.0431. The van der Waals surface area contributed by atoms with Crippen LogP contribution >= 0.6 is 0 Å². The molecule has 4 nitrogen and oxygen atoms in total. The normalized spacial score (nSPS) is 14.2. The van der Waals surface area contributed by atoms with E-state index in [9.17, 15) is 14.7 Å². The van der Waals surface area contributed by atoms with Gasteiger partial charge in [0.2, 0.25) is 5.91 Å². The van der Waals surface area contributed by atoms with E-state index in [0.717, 1.165) is 12.8 Å². The second kappa shape index (κ2) is 7.09. The minimum Gasteiger partial charge on any atom is -0.480 e. The summed E-state index contributed by atoms with van der Waals surface area (Å²) in [6.45, 7) is 14.2. The molecule has 0 aliphatic rings. The Kier molecular flexibility index (Phi) is 6.72. The van der Waals surface area contributed by atoms with Crippen molar-refractivity contribution in [3.05, 3.63) is 0 Å². The summed E-state index contributed by atoms with van der Waals surface area (Å²) >= 11 is 0. The fraction of sp³-hybridized carbons (Fsp3) is 0.875. The highest BCUT2D eigenvalue weighted by Gasteiger charge is 2.33. The molecule has 1 unspecified atom stereocenters. The molecule has 0 aliphatic carbocycles. The lowest BCUT2D eigenvalue weighted by Crippen LogP contribution is -2.45. The van der Waals surface area contributed by atoms with Gasteiger partial charge < -0.3 is 10.4 Å². The van der Waals surface area contributed by atoms with Gasteiger partial charge in [0.05, 0.1) is 0 Å². The van der Waals surface area contributed by atoms with Crippen molar-refractivity contribution in [2.75, 3.05) is 0 Å². The number of carbonyl (C=O) groups is 2. The Labute approximate surface area is 123 Å². The van der Waals surface area contributed by atoms with Crippen LogP contribution in [-0.2, 0) is 9.59 Å². The van der Waals surface area contributed by atoms with Crippen LogP contribution in [0.4, 0.5) is 0 Å². The topological polar surface area (TPSA) is 66.4 Å². The van der Waals surface area contributed by atoms with Crippen molar-refractivity contribution < 1.29 is 14.7 Å². The van der Waals surface area contributed by atoms with E-state index in [1.165, 1.54) is 0 Å². The van der Waals surface area contributed by atoms with E-state index in [4.69, 9.17) is 0 Å². The van der Waals surface area contributed by atoms with E-state index >= 15 is 0 Å². The van der Waals surface area contributed by atoms with Crippen molar-refractivity contribution in [3.8, 4) is 0 Å². The quantitative estimate of drug-likeness (QED) is 0.717. The molecule has 0 heterocycles. The molecule has 4 heteroatoms. The van der Waals surface area contributed by atoms with Crippen molar-refractivity contribution in [1.29, 1.82) is 0 Å². The number of carbonyl (C=O) groups excluding carboxylic acids is 1. The SMILES string of the molecule is CCC(C)(C)CC(C)(C)CC(NC(=O)C(C)C)C(=O)O. The summed E-state index contributed by atoms with van der Waals surface area (Å²) in [6.07, 6.45) is 2.43. The van der Waals surface area contributed by atoms with Crippen LogP contribution in [0.15, 0.2) is 0 Å². The van der Waals surface area contributed by atoms with E-state index in [1.54, 1.807) is 13.8 Å². The molecule has 0 aromatic rings. The van der Waals surface area contributed by atoms with E-state index in [-0.39, 0.29) is 22.7 Å². The number of hydrogen-bond acceptors (Lipinski definition) is 2. The van der Waals surface area contributed by atoms with Gasteiger partial charge in [-0.3, -0.25) is 4.79 Å². The molecule has 118 valence electrons. The summed E-state index contributed by atoms with van der Waals surface area (Å²) in [5, 5.41) is 11.9. The molecular weight excluding hydrogens is 254 g/mol. The molecule has 20 heavy (non-hydrogen) atoms. The zero-order valence-electron chi connectivity index (χ0n) is 14.0. The second-order valence-electron chi connectivity index (χ2n) is 7.62. The van der Waals surface area contributed by atoms with Crippen LogP contribution in [0.1, 0.15) is 67.7 Å². The molecule has 0 saturated carbocycles.